The molecule has 3 rings (SSSR count). The summed E-state index contributed by atoms with van der Waals surface area (Å²) < 4.78 is 6.47. The monoisotopic (exact) mass is 497 g/mol. The molecule has 0 bridgehead atoms. The number of anilines is 1. The zero-order chi connectivity index (χ0) is 22.2. The molecule has 2 amide bonds. The zero-order valence-corrected chi connectivity index (χ0v) is 18.8. The second kappa shape index (κ2) is 10.7. The highest BCUT2D eigenvalue weighted by Gasteiger charge is 2.13. The lowest BCUT2D eigenvalue weighted by molar-refractivity contribution is 0.0975. The van der Waals surface area contributed by atoms with E-state index in [1.807, 2.05) is 30.3 Å². The Labute approximate surface area is 193 Å². The van der Waals surface area contributed by atoms with Gasteiger partial charge in [-0.25, -0.2) is 0 Å². The van der Waals surface area contributed by atoms with Crippen molar-refractivity contribution in [3.8, 4) is 5.75 Å². The van der Waals surface area contributed by atoms with Gasteiger partial charge in [-0.1, -0.05) is 42.5 Å². The molecule has 3 aromatic carbocycles. The summed E-state index contributed by atoms with van der Waals surface area (Å²) in [7, 11) is 0. The Kier molecular flexibility index (Phi) is 7.75. The van der Waals surface area contributed by atoms with Gasteiger partial charge in [0.05, 0.1) is 22.3 Å². The number of hydrogen-bond donors (Lipinski definition) is 3. The minimum atomic E-state index is -0.594. The van der Waals surface area contributed by atoms with E-state index in [1.54, 1.807) is 42.5 Å². The maximum atomic E-state index is 12.5. The van der Waals surface area contributed by atoms with Gasteiger partial charge in [-0.05, 0) is 64.0 Å². The maximum Gasteiger partial charge on any atom is 0.257 e. The standard InChI is InChI=1S/C23H20BrN3O3S/c24-18-14-16(10-11-20(18)30-13-12-15-6-2-1-3-7-15)22(29)27-23(31)26-19-9-5-4-8-17(19)21(25)28/h1-11,14H,12-13H2,(H2,25,28)(H2,26,27,29,31). The second-order valence-corrected chi connectivity index (χ2v) is 7.81. The van der Waals surface area contributed by atoms with Crippen molar-refractivity contribution >= 4 is 50.8 Å². The average Bonchev–Trinajstić information content (AvgIpc) is 2.75. The highest BCUT2D eigenvalue weighted by atomic mass is 79.9. The van der Waals surface area contributed by atoms with Crippen LogP contribution in [0.2, 0.25) is 0 Å². The van der Waals surface area contributed by atoms with E-state index in [4.69, 9.17) is 22.7 Å². The van der Waals surface area contributed by atoms with Crippen LogP contribution in [0.3, 0.4) is 0 Å². The molecule has 8 heteroatoms. The molecule has 0 atom stereocenters. The molecule has 0 aliphatic carbocycles. The molecule has 0 saturated heterocycles. The van der Waals surface area contributed by atoms with Crippen molar-refractivity contribution in [3.63, 3.8) is 0 Å². The van der Waals surface area contributed by atoms with Gasteiger partial charge in [-0.2, -0.15) is 0 Å². The number of ether oxygens (including phenoxy) is 1. The van der Waals surface area contributed by atoms with E-state index in [1.165, 1.54) is 5.56 Å². The molecular formula is C23H20BrN3O3S. The van der Waals surface area contributed by atoms with Gasteiger partial charge in [0.15, 0.2) is 5.11 Å². The first-order valence-electron chi connectivity index (χ1n) is 9.41. The van der Waals surface area contributed by atoms with Gasteiger partial charge >= 0.3 is 0 Å². The van der Waals surface area contributed by atoms with Crippen molar-refractivity contribution in [3.05, 3.63) is 94.0 Å². The molecule has 0 fully saturated rings. The summed E-state index contributed by atoms with van der Waals surface area (Å²) in [5.41, 5.74) is 7.64. The molecule has 0 saturated carbocycles. The highest BCUT2D eigenvalue weighted by molar-refractivity contribution is 9.10. The number of nitrogens with two attached hydrogens (primary N) is 1. The van der Waals surface area contributed by atoms with Crippen LogP contribution in [0.5, 0.6) is 5.75 Å². The van der Waals surface area contributed by atoms with Gasteiger partial charge in [0.1, 0.15) is 5.75 Å². The molecule has 0 radical (unpaired) electrons. The minimum absolute atomic E-state index is 0.0537. The van der Waals surface area contributed by atoms with E-state index < -0.39 is 11.8 Å². The lowest BCUT2D eigenvalue weighted by atomic mass is 10.1. The smallest absolute Gasteiger partial charge is 0.257 e. The Morgan fingerprint density at radius 3 is 2.42 bits per heavy atom. The van der Waals surface area contributed by atoms with Gasteiger partial charge in [-0.3, -0.25) is 14.9 Å². The lowest BCUT2D eigenvalue weighted by Crippen LogP contribution is -2.34. The molecule has 0 unspecified atom stereocenters. The number of benzene rings is 3. The summed E-state index contributed by atoms with van der Waals surface area (Å²) in [6.07, 6.45) is 0.780. The predicted octanol–water partition coefficient (Wildman–Crippen LogP) is 4.30. The predicted molar refractivity (Wildman–Crippen MR) is 128 cm³/mol. The van der Waals surface area contributed by atoms with E-state index >= 15 is 0 Å². The maximum absolute atomic E-state index is 12.5. The Morgan fingerprint density at radius 2 is 1.71 bits per heavy atom. The first kappa shape index (κ1) is 22.5. The Bertz CT molecular complexity index is 1110. The zero-order valence-electron chi connectivity index (χ0n) is 16.4. The first-order chi connectivity index (χ1) is 14.9. The fraction of sp³-hybridized carbons (Fsp3) is 0.0870. The normalized spacial score (nSPS) is 10.2. The van der Waals surface area contributed by atoms with E-state index in [-0.39, 0.29) is 10.7 Å². The number of hydrogen-bond acceptors (Lipinski definition) is 4. The topological polar surface area (TPSA) is 93.5 Å². The summed E-state index contributed by atoms with van der Waals surface area (Å²) in [5.74, 6) is -0.349. The molecule has 31 heavy (non-hydrogen) atoms. The second-order valence-electron chi connectivity index (χ2n) is 6.55. The third-order valence-corrected chi connectivity index (χ3v) is 5.18. The van der Waals surface area contributed by atoms with Crippen LogP contribution in [0, 0.1) is 0 Å². The molecule has 0 heterocycles. The average molecular weight is 498 g/mol. The van der Waals surface area contributed by atoms with Crippen LogP contribution in [0.4, 0.5) is 5.69 Å². The Hall–Kier alpha value is -3.23. The molecular weight excluding hydrogens is 478 g/mol. The molecule has 4 N–H and O–H groups in total. The fourth-order valence-corrected chi connectivity index (χ4v) is 3.51. The number of primary amides is 1. The van der Waals surface area contributed by atoms with E-state index in [0.717, 1.165) is 6.42 Å². The molecule has 0 aliphatic heterocycles. The van der Waals surface area contributed by atoms with Crippen molar-refractivity contribution in [2.75, 3.05) is 11.9 Å². The van der Waals surface area contributed by atoms with Crippen LogP contribution in [-0.4, -0.2) is 23.5 Å². The number of halogens is 1. The van der Waals surface area contributed by atoms with Crippen molar-refractivity contribution in [2.45, 2.75) is 6.42 Å². The van der Waals surface area contributed by atoms with Gasteiger partial charge in [-0.15, -0.1) is 0 Å². The van der Waals surface area contributed by atoms with E-state index in [0.29, 0.717) is 28.1 Å². The minimum Gasteiger partial charge on any atom is -0.492 e. The lowest BCUT2D eigenvalue weighted by Gasteiger charge is -2.13. The highest BCUT2D eigenvalue weighted by Crippen LogP contribution is 2.26. The van der Waals surface area contributed by atoms with Crippen molar-refractivity contribution in [2.24, 2.45) is 5.73 Å². The SMILES string of the molecule is NC(=O)c1ccccc1NC(=S)NC(=O)c1ccc(OCCc2ccccc2)c(Br)c1. The Balaban J connectivity index is 1.57. The van der Waals surface area contributed by atoms with Gasteiger partial charge in [0.2, 0.25) is 0 Å². The largest absolute Gasteiger partial charge is 0.492 e. The summed E-state index contributed by atoms with van der Waals surface area (Å²) in [5, 5.41) is 5.47. The molecule has 0 spiro atoms. The van der Waals surface area contributed by atoms with Crippen LogP contribution in [0.25, 0.3) is 0 Å². The van der Waals surface area contributed by atoms with E-state index in [2.05, 4.69) is 26.6 Å². The number of carbonyl (C=O) groups excluding carboxylic acids is 2. The fourth-order valence-electron chi connectivity index (χ4n) is 2.82. The van der Waals surface area contributed by atoms with Crippen LogP contribution in [0.15, 0.2) is 77.3 Å². The van der Waals surface area contributed by atoms with Crippen LogP contribution < -0.4 is 21.1 Å². The summed E-state index contributed by atoms with van der Waals surface area (Å²) in [4.78, 5) is 24.0. The molecule has 0 aromatic heterocycles. The quantitative estimate of drug-likeness (QED) is 0.423. The summed E-state index contributed by atoms with van der Waals surface area (Å²) >= 11 is 8.63. The molecule has 3 aromatic rings. The van der Waals surface area contributed by atoms with Crippen molar-refractivity contribution < 1.29 is 14.3 Å². The number of para-hydroxylation sites is 1. The van der Waals surface area contributed by atoms with E-state index in [9.17, 15) is 9.59 Å². The van der Waals surface area contributed by atoms with Gasteiger partial charge in [0, 0.05) is 12.0 Å². The van der Waals surface area contributed by atoms with Crippen molar-refractivity contribution in [1.29, 1.82) is 0 Å². The third-order valence-electron chi connectivity index (χ3n) is 4.35. The van der Waals surface area contributed by atoms with Gasteiger partial charge in [0.25, 0.3) is 11.8 Å². The number of rotatable bonds is 7. The number of thiocarbonyl (C=S) groups is 1. The number of carbonyl (C=O) groups is 2. The summed E-state index contributed by atoms with van der Waals surface area (Å²) in [6, 6.07) is 21.7. The molecule has 0 aliphatic rings. The van der Waals surface area contributed by atoms with Crippen LogP contribution >= 0.6 is 28.1 Å². The number of nitrogens with one attached hydrogen (secondary N) is 2. The summed E-state index contributed by atoms with van der Waals surface area (Å²) in [6.45, 7) is 0.515. The number of amides is 2. The third kappa shape index (κ3) is 6.37. The van der Waals surface area contributed by atoms with Crippen LogP contribution in [0.1, 0.15) is 26.3 Å². The molecule has 158 valence electrons. The molecule has 6 nitrogen and oxygen atoms in total. The van der Waals surface area contributed by atoms with Crippen molar-refractivity contribution in [1.82, 2.24) is 5.32 Å². The van der Waals surface area contributed by atoms with Gasteiger partial charge < -0.3 is 15.8 Å². The Morgan fingerprint density at radius 1 is 1.00 bits per heavy atom. The first-order valence-corrected chi connectivity index (χ1v) is 10.6. The van der Waals surface area contributed by atoms with Crippen LogP contribution in [-0.2, 0) is 6.42 Å².